The Bertz CT molecular complexity index is 571. The van der Waals surface area contributed by atoms with Crippen LogP contribution >= 0.6 is 0 Å². The molecule has 0 saturated carbocycles. The molecular weight excluding hydrogens is 244 g/mol. The van der Waals surface area contributed by atoms with Crippen molar-refractivity contribution < 1.29 is 0 Å². The van der Waals surface area contributed by atoms with Crippen molar-refractivity contribution in [1.29, 1.82) is 0 Å². The van der Waals surface area contributed by atoms with Crippen LogP contribution in [0.15, 0.2) is 66.5 Å². The van der Waals surface area contributed by atoms with Gasteiger partial charge in [0.25, 0.3) is 0 Å². The largest absolute Gasteiger partial charge is 0.364 e. The van der Waals surface area contributed by atoms with Crippen molar-refractivity contribution in [1.82, 2.24) is 4.90 Å². The van der Waals surface area contributed by atoms with Gasteiger partial charge in [-0.05, 0) is 30.2 Å². The fourth-order valence-electron chi connectivity index (χ4n) is 2.48. The van der Waals surface area contributed by atoms with E-state index < -0.39 is 0 Å². The summed E-state index contributed by atoms with van der Waals surface area (Å²) in [5, 5.41) is 0. The minimum Gasteiger partial charge on any atom is -0.364 e. The summed E-state index contributed by atoms with van der Waals surface area (Å²) in [5.41, 5.74) is 3.70. The van der Waals surface area contributed by atoms with E-state index in [2.05, 4.69) is 86.4 Å². The van der Waals surface area contributed by atoms with Gasteiger partial charge in [-0.3, -0.25) is 0 Å². The van der Waals surface area contributed by atoms with E-state index in [0.717, 1.165) is 0 Å². The van der Waals surface area contributed by atoms with Gasteiger partial charge < -0.3 is 9.80 Å². The highest BCUT2D eigenvalue weighted by molar-refractivity contribution is 5.70. The predicted octanol–water partition coefficient (Wildman–Crippen LogP) is 4.07. The zero-order chi connectivity index (χ0) is 14.5. The molecule has 2 nitrogen and oxygen atoms in total. The molecule has 0 atom stereocenters. The summed E-state index contributed by atoms with van der Waals surface area (Å²) < 4.78 is 0. The lowest BCUT2D eigenvalue weighted by Crippen LogP contribution is -2.28. The van der Waals surface area contributed by atoms with Gasteiger partial charge in [-0.2, -0.15) is 0 Å². The van der Waals surface area contributed by atoms with Crippen LogP contribution < -0.4 is 4.90 Å². The maximum atomic E-state index is 2.22. The van der Waals surface area contributed by atoms with Crippen LogP contribution in [0.5, 0.6) is 0 Å². The van der Waals surface area contributed by atoms with Crippen LogP contribution in [0.3, 0.4) is 0 Å². The number of anilines is 1. The number of nitrogens with zero attached hydrogens (tertiary/aromatic N) is 2. The Kier molecular flexibility index (Phi) is 4.46. The number of allylic oxidation sites excluding steroid dienone is 1. The summed E-state index contributed by atoms with van der Waals surface area (Å²) in [6.45, 7) is 2.17. The van der Waals surface area contributed by atoms with Gasteiger partial charge in [0, 0.05) is 26.8 Å². The lowest BCUT2D eigenvalue weighted by atomic mass is 10.1. The molecule has 2 rings (SSSR count). The first-order valence-electron chi connectivity index (χ1n) is 6.83. The molecule has 0 unspecified atom stereocenters. The first kappa shape index (κ1) is 14.2. The van der Waals surface area contributed by atoms with E-state index in [1.807, 2.05) is 12.1 Å². The number of hydrogen-bond acceptors (Lipinski definition) is 2. The van der Waals surface area contributed by atoms with Gasteiger partial charge in [0.15, 0.2) is 0 Å². The second-order valence-electron chi connectivity index (χ2n) is 5.10. The Morgan fingerprint density at radius 3 is 1.75 bits per heavy atom. The summed E-state index contributed by atoms with van der Waals surface area (Å²) in [6, 6.07) is 20.9. The Morgan fingerprint density at radius 2 is 1.25 bits per heavy atom. The first-order chi connectivity index (χ1) is 9.61. The molecule has 0 radical (unpaired) electrons. The molecule has 0 N–H and O–H groups in total. The Balaban J connectivity index is 2.46. The number of para-hydroxylation sites is 1. The molecule has 104 valence electrons. The van der Waals surface area contributed by atoms with Crippen LogP contribution in [-0.2, 0) is 0 Å². The van der Waals surface area contributed by atoms with E-state index in [9.17, 15) is 0 Å². The highest BCUT2D eigenvalue weighted by atomic mass is 15.3. The van der Waals surface area contributed by atoms with Crippen molar-refractivity contribution in [2.45, 2.75) is 6.92 Å². The third kappa shape index (κ3) is 3.02. The molecular formula is C18H22N2. The van der Waals surface area contributed by atoms with Crippen LogP contribution in [0.2, 0.25) is 0 Å². The molecule has 2 aromatic carbocycles. The first-order valence-corrected chi connectivity index (χ1v) is 6.83. The summed E-state index contributed by atoms with van der Waals surface area (Å²) in [6.07, 6.45) is 0. The molecule has 0 fully saturated rings. The SMILES string of the molecule is C/C(=C(\N(C)C)N(C)c1ccccc1)c1ccccc1. The van der Waals surface area contributed by atoms with Crippen molar-refractivity contribution >= 4 is 11.3 Å². The summed E-state index contributed by atoms with van der Waals surface area (Å²) in [5.74, 6) is 1.20. The second-order valence-corrected chi connectivity index (χ2v) is 5.10. The molecule has 2 heteroatoms. The maximum Gasteiger partial charge on any atom is 0.111 e. The van der Waals surface area contributed by atoms with Crippen LogP contribution in [0.4, 0.5) is 5.69 Å². The van der Waals surface area contributed by atoms with E-state index in [1.54, 1.807) is 0 Å². The van der Waals surface area contributed by atoms with E-state index in [0.29, 0.717) is 0 Å². The van der Waals surface area contributed by atoms with Crippen LogP contribution in [0, 0.1) is 0 Å². The molecule has 0 aliphatic rings. The van der Waals surface area contributed by atoms with Gasteiger partial charge >= 0.3 is 0 Å². The second kappa shape index (κ2) is 6.29. The molecule has 0 spiro atoms. The van der Waals surface area contributed by atoms with Crippen molar-refractivity contribution in [3.8, 4) is 0 Å². The monoisotopic (exact) mass is 266 g/mol. The Morgan fingerprint density at radius 1 is 0.750 bits per heavy atom. The lowest BCUT2D eigenvalue weighted by Gasteiger charge is -2.30. The van der Waals surface area contributed by atoms with E-state index in [1.165, 1.54) is 22.6 Å². The summed E-state index contributed by atoms with van der Waals surface area (Å²) >= 11 is 0. The maximum absolute atomic E-state index is 2.22. The van der Waals surface area contributed by atoms with Gasteiger partial charge in [0.2, 0.25) is 0 Å². The molecule has 0 heterocycles. The van der Waals surface area contributed by atoms with Crippen LogP contribution in [-0.4, -0.2) is 26.0 Å². The standard InChI is InChI=1S/C18H22N2/c1-15(16-11-7-5-8-12-16)18(19(2)3)20(4)17-13-9-6-10-14-17/h5-14H,1-4H3/b18-15-. The molecule has 0 aliphatic heterocycles. The average Bonchev–Trinajstić information content (AvgIpc) is 2.48. The minimum atomic E-state index is 1.19. The summed E-state index contributed by atoms with van der Waals surface area (Å²) in [7, 11) is 6.28. The zero-order valence-corrected chi connectivity index (χ0v) is 12.7. The Labute approximate surface area is 122 Å². The fourth-order valence-corrected chi connectivity index (χ4v) is 2.48. The smallest absolute Gasteiger partial charge is 0.111 e. The number of hydrogen-bond donors (Lipinski definition) is 0. The van der Waals surface area contributed by atoms with Gasteiger partial charge in [-0.1, -0.05) is 48.5 Å². The highest BCUT2D eigenvalue weighted by Crippen LogP contribution is 2.25. The molecule has 20 heavy (non-hydrogen) atoms. The third-order valence-electron chi connectivity index (χ3n) is 3.43. The lowest BCUT2D eigenvalue weighted by molar-refractivity contribution is 0.498. The van der Waals surface area contributed by atoms with Crippen molar-refractivity contribution in [2.24, 2.45) is 0 Å². The van der Waals surface area contributed by atoms with Gasteiger partial charge in [0.05, 0.1) is 0 Å². The van der Waals surface area contributed by atoms with Gasteiger partial charge in [-0.25, -0.2) is 0 Å². The summed E-state index contributed by atoms with van der Waals surface area (Å²) in [4.78, 5) is 4.39. The molecule has 0 amide bonds. The quantitative estimate of drug-likeness (QED) is 0.823. The normalized spacial score (nSPS) is 11.8. The van der Waals surface area contributed by atoms with Crippen LogP contribution in [0.25, 0.3) is 5.57 Å². The van der Waals surface area contributed by atoms with Gasteiger partial charge in [0.1, 0.15) is 5.82 Å². The van der Waals surface area contributed by atoms with E-state index in [-0.39, 0.29) is 0 Å². The van der Waals surface area contributed by atoms with Crippen LogP contribution in [0.1, 0.15) is 12.5 Å². The van der Waals surface area contributed by atoms with Crippen molar-refractivity contribution in [3.63, 3.8) is 0 Å². The van der Waals surface area contributed by atoms with E-state index >= 15 is 0 Å². The molecule has 0 saturated heterocycles. The minimum absolute atomic E-state index is 1.19. The average molecular weight is 266 g/mol. The topological polar surface area (TPSA) is 6.48 Å². The van der Waals surface area contributed by atoms with Crippen molar-refractivity contribution in [3.05, 3.63) is 72.0 Å². The molecule has 0 bridgehead atoms. The predicted molar refractivity (Wildman–Crippen MR) is 87.6 cm³/mol. The third-order valence-corrected chi connectivity index (χ3v) is 3.43. The fraction of sp³-hybridized carbons (Fsp3) is 0.222. The van der Waals surface area contributed by atoms with E-state index in [4.69, 9.17) is 0 Å². The molecule has 2 aromatic rings. The zero-order valence-electron chi connectivity index (χ0n) is 12.7. The molecule has 0 aromatic heterocycles. The Hall–Kier alpha value is -2.22. The van der Waals surface area contributed by atoms with Gasteiger partial charge in [-0.15, -0.1) is 0 Å². The van der Waals surface area contributed by atoms with Crippen molar-refractivity contribution in [2.75, 3.05) is 26.0 Å². The highest BCUT2D eigenvalue weighted by Gasteiger charge is 2.13. The number of benzene rings is 2. The number of rotatable bonds is 4. The molecule has 0 aliphatic carbocycles.